The minimum atomic E-state index is -0.711. The summed E-state index contributed by atoms with van der Waals surface area (Å²) in [4.78, 5) is 28.6. The van der Waals surface area contributed by atoms with E-state index < -0.39 is 16.9 Å². The number of nitrogens with zero attached hydrogens (tertiary/aromatic N) is 1. The summed E-state index contributed by atoms with van der Waals surface area (Å²) < 4.78 is 7.04. The SMILES string of the molecule is CC1(C)Oc2[nH]c(=O)n(-c3ccc(Cl)cc3)c(=O)c2[C@@H]1c1ccc(Cl)cc1. The molecule has 138 valence electrons. The van der Waals surface area contributed by atoms with Gasteiger partial charge in [0.25, 0.3) is 5.56 Å². The van der Waals surface area contributed by atoms with Crippen LogP contribution in [0.5, 0.6) is 5.88 Å². The summed E-state index contributed by atoms with van der Waals surface area (Å²) in [5, 5.41) is 1.13. The van der Waals surface area contributed by atoms with Gasteiger partial charge in [0.1, 0.15) is 5.60 Å². The fraction of sp³-hybridized carbons (Fsp3) is 0.200. The van der Waals surface area contributed by atoms with Gasteiger partial charge in [-0.05, 0) is 55.8 Å². The first-order valence-corrected chi connectivity index (χ1v) is 9.13. The van der Waals surface area contributed by atoms with Gasteiger partial charge in [0.15, 0.2) is 0 Å². The lowest BCUT2D eigenvalue weighted by Crippen LogP contribution is -2.36. The molecule has 1 N–H and O–H groups in total. The van der Waals surface area contributed by atoms with Crippen molar-refractivity contribution >= 4 is 23.2 Å². The molecule has 0 aliphatic carbocycles. The second-order valence-corrected chi connectivity index (χ2v) is 7.85. The minimum Gasteiger partial charge on any atom is -0.471 e. The third-order valence-electron chi connectivity index (χ3n) is 4.74. The lowest BCUT2D eigenvalue weighted by molar-refractivity contribution is 0.117. The fourth-order valence-corrected chi connectivity index (χ4v) is 3.83. The number of hydrogen-bond donors (Lipinski definition) is 1. The van der Waals surface area contributed by atoms with E-state index in [9.17, 15) is 9.59 Å². The Morgan fingerprint density at radius 1 is 0.963 bits per heavy atom. The van der Waals surface area contributed by atoms with Crippen LogP contribution < -0.4 is 16.0 Å². The Balaban J connectivity index is 1.97. The summed E-state index contributed by atoms with van der Waals surface area (Å²) in [6, 6.07) is 13.8. The van der Waals surface area contributed by atoms with Crippen LogP contribution in [-0.4, -0.2) is 15.2 Å². The van der Waals surface area contributed by atoms with Crippen molar-refractivity contribution in [2.24, 2.45) is 0 Å². The van der Waals surface area contributed by atoms with E-state index in [0.717, 1.165) is 10.1 Å². The smallest absolute Gasteiger partial charge is 0.335 e. The molecule has 5 nitrogen and oxygen atoms in total. The van der Waals surface area contributed by atoms with Crippen molar-refractivity contribution < 1.29 is 4.74 Å². The van der Waals surface area contributed by atoms with Crippen LogP contribution in [0.2, 0.25) is 10.0 Å². The van der Waals surface area contributed by atoms with Gasteiger partial charge in [0.2, 0.25) is 5.88 Å². The second-order valence-electron chi connectivity index (χ2n) is 6.98. The van der Waals surface area contributed by atoms with Crippen molar-refractivity contribution in [2.75, 3.05) is 0 Å². The van der Waals surface area contributed by atoms with E-state index in [-0.39, 0.29) is 11.8 Å². The van der Waals surface area contributed by atoms with Crippen molar-refractivity contribution in [1.29, 1.82) is 0 Å². The van der Waals surface area contributed by atoms with E-state index in [1.807, 2.05) is 26.0 Å². The first kappa shape index (κ1) is 17.9. The summed E-state index contributed by atoms with van der Waals surface area (Å²) in [7, 11) is 0. The van der Waals surface area contributed by atoms with Crippen molar-refractivity contribution in [3.63, 3.8) is 0 Å². The van der Waals surface area contributed by atoms with Crippen molar-refractivity contribution in [1.82, 2.24) is 9.55 Å². The Bertz CT molecular complexity index is 1130. The molecule has 0 spiro atoms. The van der Waals surface area contributed by atoms with E-state index in [0.29, 0.717) is 21.3 Å². The van der Waals surface area contributed by atoms with Gasteiger partial charge in [0, 0.05) is 10.0 Å². The van der Waals surface area contributed by atoms with Crippen molar-refractivity contribution in [2.45, 2.75) is 25.4 Å². The number of nitrogens with one attached hydrogen (secondary N) is 1. The van der Waals surface area contributed by atoms with Gasteiger partial charge in [-0.2, -0.15) is 0 Å². The number of benzene rings is 2. The third kappa shape index (κ3) is 2.97. The maximum Gasteiger partial charge on any atom is 0.335 e. The third-order valence-corrected chi connectivity index (χ3v) is 5.24. The summed E-state index contributed by atoms with van der Waals surface area (Å²) in [5.41, 5.74) is 0.0484. The Morgan fingerprint density at radius 2 is 1.52 bits per heavy atom. The van der Waals surface area contributed by atoms with Crippen LogP contribution in [0.25, 0.3) is 5.69 Å². The zero-order valence-electron chi connectivity index (χ0n) is 14.6. The summed E-state index contributed by atoms with van der Waals surface area (Å²) in [5.74, 6) is -0.146. The molecule has 2 aromatic carbocycles. The zero-order chi connectivity index (χ0) is 19.3. The summed E-state index contributed by atoms with van der Waals surface area (Å²) in [6.07, 6.45) is 0. The number of fused-ring (bicyclic) bond motifs is 1. The van der Waals surface area contributed by atoms with Gasteiger partial charge >= 0.3 is 5.69 Å². The van der Waals surface area contributed by atoms with Crippen molar-refractivity contribution in [3.8, 4) is 11.6 Å². The van der Waals surface area contributed by atoms with Crippen LogP contribution in [0, 0.1) is 0 Å². The highest BCUT2D eigenvalue weighted by atomic mass is 35.5. The number of H-pyrrole nitrogens is 1. The molecule has 1 atom stereocenters. The molecule has 1 aliphatic rings. The molecule has 4 rings (SSSR count). The number of rotatable bonds is 2. The van der Waals surface area contributed by atoms with Gasteiger partial charge in [-0.15, -0.1) is 0 Å². The highest BCUT2D eigenvalue weighted by molar-refractivity contribution is 6.30. The van der Waals surface area contributed by atoms with Gasteiger partial charge in [-0.25, -0.2) is 9.36 Å². The molecule has 0 saturated carbocycles. The van der Waals surface area contributed by atoms with E-state index in [4.69, 9.17) is 27.9 Å². The molecule has 7 heteroatoms. The predicted octanol–water partition coefficient (Wildman–Crippen LogP) is 4.14. The van der Waals surface area contributed by atoms with Crippen LogP contribution in [0.3, 0.4) is 0 Å². The number of halogens is 2. The number of hydrogen-bond acceptors (Lipinski definition) is 3. The molecule has 0 radical (unpaired) electrons. The normalized spacial score (nSPS) is 17.4. The van der Waals surface area contributed by atoms with Crippen molar-refractivity contribution in [3.05, 3.63) is 90.5 Å². The standard InChI is InChI=1S/C20H16Cl2N2O3/c1-20(2)16(11-3-5-12(21)6-4-11)15-17(27-20)23-19(26)24(18(15)25)14-9-7-13(22)8-10-14/h3-10,16H,1-2H3,(H,23,26)/t16-/m0/s1. The Kier molecular flexibility index (Phi) is 4.17. The molecule has 2 heterocycles. The maximum absolute atomic E-state index is 13.3. The van der Waals surface area contributed by atoms with Gasteiger partial charge < -0.3 is 4.74 Å². The fourth-order valence-electron chi connectivity index (χ4n) is 3.58. The molecular formula is C20H16Cl2N2O3. The zero-order valence-corrected chi connectivity index (χ0v) is 16.1. The molecular weight excluding hydrogens is 387 g/mol. The monoisotopic (exact) mass is 402 g/mol. The molecule has 0 saturated heterocycles. The molecule has 0 bridgehead atoms. The average Bonchev–Trinajstić information content (AvgIpc) is 2.87. The Morgan fingerprint density at radius 3 is 2.11 bits per heavy atom. The van der Waals surface area contributed by atoms with Crippen LogP contribution in [0.1, 0.15) is 30.9 Å². The first-order chi connectivity index (χ1) is 12.8. The minimum absolute atomic E-state index is 0.208. The molecule has 3 aromatic rings. The topological polar surface area (TPSA) is 64.1 Å². The van der Waals surface area contributed by atoms with Crippen LogP contribution >= 0.6 is 23.2 Å². The second kappa shape index (κ2) is 6.29. The molecule has 0 fully saturated rings. The van der Waals surface area contributed by atoms with Crippen LogP contribution in [-0.2, 0) is 0 Å². The largest absolute Gasteiger partial charge is 0.471 e. The lowest BCUT2D eigenvalue weighted by Gasteiger charge is -2.26. The van der Waals surface area contributed by atoms with Crippen LogP contribution in [0.15, 0.2) is 58.1 Å². The quantitative estimate of drug-likeness (QED) is 0.700. The number of aromatic nitrogens is 2. The van der Waals surface area contributed by atoms with E-state index in [1.165, 1.54) is 0 Å². The van der Waals surface area contributed by atoms with Crippen LogP contribution in [0.4, 0.5) is 0 Å². The Labute approximate surface area is 165 Å². The molecule has 27 heavy (non-hydrogen) atoms. The highest BCUT2D eigenvalue weighted by Gasteiger charge is 2.45. The number of aromatic amines is 1. The van der Waals surface area contributed by atoms with E-state index in [1.54, 1.807) is 36.4 Å². The highest BCUT2D eigenvalue weighted by Crippen LogP contribution is 2.45. The summed E-state index contributed by atoms with van der Waals surface area (Å²) >= 11 is 11.9. The molecule has 1 aromatic heterocycles. The first-order valence-electron chi connectivity index (χ1n) is 8.37. The average molecular weight is 403 g/mol. The maximum atomic E-state index is 13.3. The lowest BCUT2D eigenvalue weighted by atomic mass is 9.82. The van der Waals surface area contributed by atoms with Gasteiger partial charge in [-0.3, -0.25) is 9.78 Å². The Hall–Kier alpha value is -2.50. The molecule has 0 amide bonds. The molecule has 0 unspecified atom stereocenters. The van der Waals surface area contributed by atoms with E-state index >= 15 is 0 Å². The van der Waals surface area contributed by atoms with Gasteiger partial charge in [0.05, 0.1) is 17.2 Å². The summed E-state index contributed by atoms with van der Waals surface area (Å²) in [6.45, 7) is 3.77. The number of ether oxygens (including phenoxy) is 1. The van der Waals surface area contributed by atoms with Gasteiger partial charge in [-0.1, -0.05) is 35.3 Å². The predicted molar refractivity (Wildman–Crippen MR) is 106 cm³/mol. The van der Waals surface area contributed by atoms with E-state index in [2.05, 4.69) is 4.98 Å². The molecule has 1 aliphatic heterocycles.